The first-order valence-corrected chi connectivity index (χ1v) is 9.92. The SMILES string of the molecule is CNCCCCC(NC(C)C)C(=O)NC(c1ccccc1)c1ccccc1. The molecular formula is C23H33N3O. The summed E-state index contributed by atoms with van der Waals surface area (Å²) in [6, 6.07) is 20.2. The molecule has 0 spiro atoms. The highest BCUT2D eigenvalue weighted by molar-refractivity contribution is 5.82. The molecule has 1 atom stereocenters. The van der Waals surface area contributed by atoms with Crippen LogP contribution in [0.1, 0.15) is 50.3 Å². The van der Waals surface area contributed by atoms with Gasteiger partial charge in [-0.1, -0.05) is 80.9 Å². The van der Waals surface area contributed by atoms with Crippen LogP contribution in [0.15, 0.2) is 60.7 Å². The van der Waals surface area contributed by atoms with Crippen molar-refractivity contribution in [2.45, 2.75) is 51.2 Å². The average Bonchev–Trinajstić information content (AvgIpc) is 2.69. The van der Waals surface area contributed by atoms with Crippen LogP contribution in [-0.2, 0) is 4.79 Å². The third-order valence-electron chi connectivity index (χ3n) is 4.57. The summed E-state index contributed by atoms with van der Waals surface area (Å²) in [5, 5.41) is 9.88. The van der Waals surface area contributed by atoms with E-state index in [0.717, 1.165) is 36.9 Å². The number of carbonyl (C=O) groups is 1. The largest absolute Gasteiger partial charge is 0.344 e. The molecule has 0 aliphatic rings. The maximum Gasteiger partial charge on any atom is 0.237 e. The molecule has 2 rings (SSSR count). The van der Waals surface area contributed by atoms with Gasteiger partial charge in [0.25, 0.3) is 0 Å². The second kappa shape index (κ2) is 11.5. The molecule has 4 nitrogen and oxygen atoms in total. The van der Waals surface area contributed by atoms with Crippen LogP contribution in [0, 0.1) is 0 Å². The molecule has 2 aromatic carbocycles. The molecule has 4 heteroatoms. The fraction of sp³-hybridized carbons (Fsp3) is 0.435. The van der Waals surface area contributed by atoms with Crippen molar-refractivity contribution >= 4 is 5.91 Å². The van der Waals surface area contributed by atoms with Crippen LogP contribution in [0.2, 0.25) is 0 Å². The topological polar surface area (TPSA) is 53.2 Å². The van der Waals surface area contributed by atoms with Gasteiger partial charge < -0.3 is 16.0 Å². The normalized spacial score (nSPS) is 12.3. The van der Waals surface area contributed by atoms with E-state index in [9.17, 15) is 4.79 Å². The molecule has 2 aromatic rings. The zero-order valence-electron chi connectivity index (χ0n) is 16.7. The third kappa shape index (κ3) is 7.16. The minimum atomic E-state index is -0.184. The van der Waals surface area contributed by atoms with Gasteiger partial charge in [-0.05, 0) is 37.6 Å². The molecule has 0 heterocycles. The number of carbonyl (C=O) groups excluding carboxylic acids is 1. The molecule has 0 radical (unpaired) electrons. The molecule has 1 unspecified atom stereocenters. The summed E-state index contributed by atoms with van der Waals surface area (Å²) in [6.45, 7) is 5.15. The Morgan fingerprint density at radius 3 is 1.93 bits per heavy atom. The van der Waals surface area contributed by atoms with Crippen molar-refractivity contribution in [3.8, 4) is 0 Å². The highest BCUT2D eigenvalue weighted by Crippen LogP contribution is 2.22. The van der Waals surface area contributed by atoms with Crippen molar-refractivity contribution < 1.29 is 4.79 Å². The Hall–Kier alpha value is -2.17. The summed E-state index contributed by atoms with van der Waals surface area (Å²) in [4.78, 5) is 13.1. The fourth-order valence-corrected chi connectivity index (χ4v) is 3.24. The van der Waals surface area contributed by atoms with Gasteiger partial charge in [-0.25, -0.2) is 0 Å². The molecule has 1 amide bonds. The summed E-state index contributed by atoms with van der Waals surface area (Å²) < 4.78 is 0. The van der Waals surface area contributed by atoms with Gasteiger partial charge in [0.05, 0.1) is 12.1 Å². The molecule has 0 aliphatic carbocycles. The molecule has 3 N–H and O–H groups in total. The summed E-state index contributed by atoms with van der Waals surface area (Å²) in [7, 11) is 1.96. The minimum Gasteiger partial charge on any atom is -0.344 e. The second-order valence-electron chi connectivity index (χ2n) is 7.24. The first kappa shape index (κ1) is 21.1. The standard InChI is InChI=1S/C23H33N3O/c1-18(2)25-21(16-10-11-17-24-3)23(27)26-22(19-12-6-4-7-13-19)20-14-8-5-9-15-20/h4-9,12-15,18,21-22,24-25H,10-11,16-17H2,1-3H3,(H,26,27). The highest BCUT2D eigenvalue weighted by atomic mass is 16.2. The van der Waals surface area contributed by atoms with E-state index in [1.165, 1.54) is 0 Å². The minimum absolute atomic E-state index is 0.0610. The van der Waals surface area contributed by atoms with Crippen molar-refractivity contribution in [2.75, 3.05) is 13.6 Å². The lowest BCUT2D eigenvalue weighted by Gasteiger charge is -2.25. The Morgan fingerprint density at radius 1 is 0.889 bits per heavy atom. The Kier molecular flexibility index (Phi) is 9.02. The van der Waals surface area contributed by atoms with Crippen LogP contribution in [-0.4, -0.2) is 31.6 Å². The van der Waals surface area contributed by atoms with Gasteiger partial charge in [0.15, 0.2) is 0 Å². The van der Waals surface area contributed by atoms with E-state index in [1.807, 2.05) is 43.4 Å². The molecule has 0 saturated heterocycles. The summed E-state index contributed by atoms with van der Waals surface area (Å²) in [5.41, 5.74) is 2.19. The quantitative estimate of drug-likeness (QED) is 0.532. The summed E-state index contributed by atoms with van der Waals surface area (Å²) in [5.74, 6) is 0.0610. The van der Waals surface area contributed by atoms with E-state index in [1.54, 1.807) is 0 Å². The van der Waals surface area contributed by atoms with Gasteiger partial charge in [0.1, 0.15) is 0 Å². The van der Waals surface area contributed by atoms with E-state index in [0.29, 0.717) is 0 Å². The second-order valence-corrected chi connectivity index (χ2v) is 7.24. The maximum atomic E-state index is 13.1. The van der Waals surface area contributed by atoms with Gasteiger partial charge in [-0.15, -0.1) is 0 Å². The molecule has 0 fully saturated rings. The van der Waals surface area contributed by atoms with Crippen LogP contribution >= 0.6 is 0 Å². The zero-order valence-corrected chi connectivity index (χ0v) is 16.7. The lowest BCUT2D eigenvalue weighted by Crippen LogP contribution is -2.48. The van der Waals surface area contributed by atoms with Crippen LogP contribution < -0.4 is 16.0 Å². The number of unbranched alkanes of at least 4 members (excludes halogenated alkanes) is 1. The fourth-order valence-electron chi connectivity index (χ4n) is 3.24. The molecule has 0 aliphatic heterocycles. The molecule has 0 aromatic heterocycles. The molecular weight excluding hydrogens is 334 g/mol. The molecule has 27 heavy (non-hydrogen) atoms. The Balaban J connectivity index is 2.14. The number of hydrogen-bond donors (Lipinski definition) is 3. The Morgan fingerprint density at radius 2 is 1.44 bits per heavy atom. The van der Waals surface area contributed by atoms with E-state index in [2.05, 4.69) is 54.1 Å². The van der Waals surface area contributed by atoms with Crippen molar-refractivity contribution in [1.82, 2.24) is 16.0 Å². The highest BCUT2D eigenvalue weighted by Gasteiger charge is 2.23. The van der Waals surface area contributed by atoms with Gasteiger partial charge >= 0.3 is 0 Å². The van der Waals surface area contributed by atoms with Gasteiger partial charge in [0, 0.05) is 6.04 Å². The predicted octanol–water partition coefficient (Wildman–Crippen LogP) is 3.65. The Labute approximate surface area is 163 Å². The zero-order chi connectivity index (χ0) is 19.5. The first-order chi connectivity index (χ1) is 13.1. The number of nitrogens with one attached hydrogen (secondary N) is 3. The predicted molar refractivity (Wildman–Crippen MR) is 113 cm³/mol. The maximum absolute atomic E-state index is 13.1. The van der Waals surface area contributed by atoms with Crippen molar-refractivity contribution in [3.05, 3.63) is 71.8 Å². The average molecular weight is 368 g/mol. The first-order valence-electron chi connectivity index (χ1n) is 9.92. The Bertz CT molecular complexity index is 618. The number of benzene rings is 2. The van der Waals surface area contributed by atoms with Crippen LogP contribution in [0.5, 0.6) is 0 Å². The molecule has 0 bridgehead atoms. The number of hydrogen-bond acceptors (Lipinski definition) is 3. The number of rotatable bonds is 11. The lowest BCUT2D eigenvalue weighted by atomic mass is 9.97. The van der Waals surface area contributed by atoms with Crippen LogP contribution in [0.4, 0.5) is 0 Å². The molecule has 146 valence electrons. The monoisotopic (exact) mass is 367 g/mol. The van der Waals surface area contributed by atoms with E-state index < -0.39 is 0 Å². The molecule has 0 saturated carbocycles. The lowest BCUT2D eigenvalue weighted by molar-refractivity contribution is -0.124. The van der Waals surface area contributed by atoms with Gasteiger partial charge in [0.2, 0.25) is 5.91 Å². The van der Waals surface area contributed by atoms with Crippen molar-refractivity contribution in [3.63, 3.8) is 0 Å². The van der Waals surface area contributed by atoms with Crippen LogP contribution in [0.25, 0.3) is 0 Å². The van der Waals surface area contributed by atoms with E-state index >= 15 is 0 Å². The van der Waals surface area contributed by atoms with E-state index in [-0.39, 0.29) is 24.0 Å². The van der Waals surface area contributed by atoms with Gasteiger partial charge in [-0.2, -0.15) is 0 Å². The number of amides is 1. The summed E-state index contributed by atoms with van der Waals surface area (Å²) >= 11 is 0. The van der Waals surface area contributed by atoms with Crippen molar-refractivity contribution in [2.24, 2.45) is 0 Å². The van der Waals surface area contributed by atoms with Gasteiger partial charge in [-0.3, -0.25) is 4.79 Å². The van der Waals surface area contributed by atoms with E-state index in [4.69, 9.17) is 0 Å². The smallest absolute Gasteiger partial charge is 0.237 e. The third-order valence-corrected chi connectivity index (χ3v) is 4.57. The van der Waals surface area contributed by atoms with Crippen LogP contribution in [0.3, 0.4) is 0 Å². The van der Waals surface area contributed by atoms with Crippen molar-refractivity contribution in [1.29, 1.82) is 0 Å². The summed E-state index contributed by atoms with van der Waals surface area (Å²) in [6.07, 6.45) is 2.92.